The zero-order chi connectivity index (χ0) is 11.8. The van der Waals surface area contributed by atoms with Crippen LogP contribution in [0.3, 0.4) is 0 Å². The molecule has 0 amide bonds. The van der Waals surface area contributed by atoms with Crippen molar-refractivity contribution in [3.05, 3.63) is 0 Å². The first kappa shape index (κ1) is 14.4. The summed E-state index contributed by atoms with van der Waals surface area (Å²) >= 11 is 0. The lowest BCUT2D eigenvalue weighted by atomic mass is 10.1. The van der Waals surface area contributed by atoms with Gasteiger partial charge < -0.3 is 9.64 Å². The molecule has 3 nitrogen and oxygen atoms in total. The monoisotopic (exact) mass is 215 g/mol. The van der Waals surface area contributed by atoms with Gasteiger partial charge in [0.2, 0.25) is 0 Å². The van der Waals surface area contributed by atoms with Crippen LogP contribution in [0, 0.1) is 11.8 Å². The van der Waals surface area contributed by atoms with E-state index in [-0.39, 0.29) is 11.9 Å². The van der Waals surface area contributed by atoms with Crippen LogP contribution in [0.25, 0.3) is 0 Å². The molecule has 0 N–H and O–H groups in total. The van der Waals surface area contributed by atoms with Crippen molar-refractivity contribution in [2.75, 3.05) is 26.2 Å². The van der Waals surface area contributed by atoms with E-state index < -0.39 is 0 Å². The van der Waals surface area contributed by atoms with Crippen LogP contribution in [0.15, 0.2) is 0 Å². The standard InChI is InChI=1S/C12H25NO2/c1-6-13(8-10(3)4)9-11(5)12(14)15-7-2/h10-11H,6-9H2,1-5H3. The van der Waals surface area contributed by atoms with Crippen LogP contribution in [-0.2, 0) is 9.53 Å². The first-order valence-corrected chi connectivity index (χ1v) is 5.90. The summed E-state index contributed by atoms with van der Waals surface area (Å²) < 4.78 is 4.99. The Morgan fingerprint density at radius 3 is 2.20 bits per heavy atom. The molecule has 0 aliphatic rings. The molecule has 0 saturated heterocycles. The average Bonchev–Trinajstić information content (AvgIpc) is 2.16. The predicted molar refractivity (Wildman–Crippen MR) is 62.7 cm³/mol. The van der Waals surface area contributed by atoms with E-state index in [0.29, 0.717) is 12.5 Å². The second-order valence-electron chi connectivity index (χ2n) is 4.40. The highest BCUT2D eigenvalue weighted by molar-refractivity contribution is 5.72. The number of nitrogens with zero attached hydrogens (tertiary/aromatic N) is 1. The molecule has 0 saturated carbocycles. The maximum Gasteiger partial charge on any atom is 0.309 e. The minimum atomic E-state index is -0.0836. The number of carbonyl (C=O) groups excluding carboxylic acids is 1. The molecule has 0 aromatic heterocycles. The highest BCUT2D eigenvalue weighted by Gasteiger charge is 2.17. The molecule has 0 spiro atoms. The molecule has 0 aliphatic carbocycles. The normalized spacial score (nSPS) is 13.3. The molecule has 1 atom stereocenters. The summed E-state index contributed by atoms with van der Waals surface area (Å²) in [4.78, 5) is 13.7. The number of hydrogen-bond donors (Lipinski definition) is 0. The highest BCUT2D eigenvalue weighted by Crippen LogP contribution is 2.05. The summed E-state index contributed by atoms with van der Waals surface area (Å²) in [6.07, 6.45) is 0. The van der Waals surface area contributed by atoms with E-state index in [1.807, 2.05) is 13.8 Å². The van der Waals surface area contributed by atoms with Gasteiger partial charge in [0.15, 0.2) is 0 Å². The van der Waals surface area contributed by atoms with Crippen LogP contribution >= 0.6 is 0 Å². The number of ether oxygens (including phenoxy) is 1. The van der Waals surface area contributed by atoms with Gasteiger partial charge in [0.25, 0.3) is 0 Å². The van der Waals surface area contributed by atoms with E-state index in [0.717, 1.165) is 19.6 Å². The number of carbonyl (C=O) groups is 1. The molecule has 0 radical (unpaired) electrons. The molecule has 0 rings (SSSR count). The molecule has 3 heteroatoms. The van der Waals surface area contributed by atoms with Gasteiger partial charge in [-0.25, -0.2) is 0 Å². The highest BCUT2D eigenvalue weighted by atomic mass is 16.5. The second-order valence-corrected chi connectivity index (χ2v) is 4.40. The Labute approximate surface area is 93.8 Å². The van der Waals surface area contributed by atoms with Gasteiger partial charge >= 0.3 is 5.97 Å². The Bertz CT molecular complexity index is 180. The van der Waals surface area contributed by atoms with Crippen LogP contribution in [0.1, 0.15) is 34.6 Å². The molecule has 0 aliphatic heterocycles. The second kappa shape index (κ2) is 7.69. The quantitative estimate of drug-likeness (QED) is 0.610. The Balaban J connectivity index is 3.99. The fourth-order valence-corrected chi connectivity index (χ4v) is 1.60. The van der Waals surface area contributed by atoms with E-state index in [1.54, 1.807) is 0 Å². The van der Waals surface area contributed by atoms with Crippen molar-refractivity contribution in [1.82, 2.24) is 4.90 Å². The van der Waals surface area contributed by atoms with Crippen LogP contribution in [0.5, 0.6) is 0 Å². The van der Waals surface area contributed by atoms with E-state index >= 15 is 0 Å². The van der Waals surface area contributed by atoms with E-state index in [4.69, 9.17) is 4.74 Å². The third-order valence-corrected chi connectivity index (χ3v) is 2.29. The first-order chi connectivity index (χ1) is 7.01. The summed E-state index contributed by atoms with van der Waals surface area (Å²) in [7, 11) is 0. The zero-order valence-corrected chi connectivity index (χ0v) is 10.7. The van der Waals surface area contributed by atoms with E-state index in [9.17, 15) is 4.79 Å². The molecule has 0 heterocycles. The van der Waals surface area contributed by atoms with Crippen molar-refractivity contribution in [3.8, 4) is 0 Å². The molecular weight excluding hydrogens is 190 g/mol. The SMILES string of the molecule is CCOC(=O)C(C)CN(CC)CC(C)C. The van der Waals surface area contributed by atoms with Crippen molar-refractivity contribution >= 4 is 5.97 Å². The van der Waals surface area contributed by atoms with Crippen molar-refractivity contribution in [2.45, 2.75) is 34.6 Å². The number of rotatable bonds is 7. The lowest BCUT2D eigenvalue weighted by molar-refractivity contribution is -0.148. The molecular formula is C12H25NO2. The fraction of sp³-hybridized carbons (Fsp3) is 0.917. The van der Waals surface area contributed by atoms with Gasteiger partial charge in [0.1, 0.15) is 0 Å². The van der Waals surface area contributed by atoms with Gasteiger partial charge in [0.05, 0.1) is 12.5 Å². The van der Waals surface area contributed by atoms with Crippen LogP contribution in [0.2, 0.25) is 0 Å². The van der Waals surface area contributed by atoms with Gasteiger partial charge in [-0.05, 0) is 19.4 Å². The summed E-state index contributed by atoms with van der Waals surface area (Å²) in [6.45, 7) is 13.6. The number of esters is 1. The molecule has 90 valence electrons. The smallest absolute Gasteiger partial charge is 0.309 e. The lowest BCUT2D eigenvalue weighted by Crippen LogP contribution is -2.35. The van der Waals surface area contributed by atoms with Crippen molar-refractivity contribution in [3.63, 3.8) is 0 Å². The van der Waals surface area contributed by atoms with Crippen molar-refractivity contribution in [2.24, 2.45) is 11.8 Å². The maximum absolute atomic E-state index is 11.4. The van der Waals surface area contributed by atoms with Gasteiger partial charge in [-0.3, -0.25) is 4.79 Å². The first-order valence-electron chi connectivity index (χ1n) is 5.90. The topological polar surface area (TPSA) is 29.5 Å². The minimum Gasteiger partial charge on any atom is -0.466 e. The molecule has 15 heavy (non-hydrogen) atoms. The average molecular weight is 215 g/mol. The maximum atomic E-state index is 11.4. The molecule has 0 fully saturated rings. The van der Waals surface area contributed by atoms with Gasteiger partial charge in [-0.2, -0.15) is 0 Å². The molecule has 0 aromatic rings. The molecule has 0 bridgehead atoms. The zero-order valence-electron chi connectivity index (χ0n) is 10.7. The summed E-state index contributed by atoms with van der Waals surface area (Å²) in [5.74, 6) is 0.530. The predicted octanol–water partition coefficient (Wildman–Crippen LogP) is 2.16. The third-order valence-electron chi connectivity index (χ3n) is 2.29. The Morgan fingerprint density at radius 2 is 1.80 bits per heavy atom. The summed E-state index contributed by atoms with van der Waals surface area (Å²) in [5.41, 5.74) is 0. The number of hydrogen-bond acceptors (Lipinski definition) is 3. The van der Waals surface area contributed by atoms with Crippen molar-refractivity contribution in [1.29, 1.82) is 0 Å². The summed E-state index contributed by atoms with van der Waals surface area (Å²) in [6, 6.07) is 0. The van der Waals surface area contributed by atoms with Crippen LogP contribution in [0.4, 0.5) is 0 Å². The van der Waals surface area contributed by atoms with Gasteiger partial charge in [-0.15, -0.1) is 0 Å². The fourth-order valence-electron chi connectivity index (χ4n) is 1.60. The third kappa shape index (κ3) is 6.50. The van der Waals surface area contributed by atoms with E-state index in [1.165, 1.54) is 0 Å². The Hall–Kier alpha value is -0.570. The summed E-state index contributed by atoms with van der Waals surface area (Å²) in [5, 5.41) is 0. The lowest BCUT2D eigenvalue weighted by Gasteiger charge is -2.24. The molecule has 1 unspecified atom stereocenters. The largest absolute Gasteiger partial charge is 0.466 e. The van der Waals surface area contributed by atoms with Crippen LogP contribution < -0.4 is 0 Å². The van der Waals surface area contributed by atoms with Gasteiger partial charge in [-0.1, -0.05) is 27.7 Å². The Morgan fingerprint density at radius 1 is 1.20 bits per heavy atom. The van der Waals surface area contributed by atoms with Crippen LogP contribution in [-0.4, -0.2) is 37.1 Å². The minimum absolute atomic E-state index is 0.0244. The Kier molecular flexibility index (Phi) is 7.39. The van der Waals surface area contributed by atoms with E-state index in [2.05, 4.69) is 25.7 Å². The van der Waals surface area contributed by atoms with Crippen molar-refractivity contribution < 1.29 is 9.53 Å². The van der Waals surface area contributed by atoms with Gasteiger partial charge in [0, 0.05) is 13.1 Å². The molecule has 0 aromatic carbocycles.